The average Bonchev–Trinajstić information content (AvgIpc) is 2.83. The van der Waals surface area contributed by atoms with Crippen molar-refractivity contribution in [1.82, 2.24) is 10.0 Å². The number of amides is 1. The minimum absolute atomic E-state index is 0.0348. The first-order chi connectivity index (χ1) is 16.7. The van der Waals surface area contributed by atoms with Crippen molar-refractivity contribution in [1.29, 1.82) is 5.26 Å². The van der Waals surface area contributed by atoms with E-state index >= 15 is 0 Å². The summed E-state index contributed by atoms with van der Waals surface area (Å²) in [5.41, 5.74) is 5.87. The topological polar surface area (TPSA) is 143 Å². The van der Waals surface area contributed by atoms with Crippen molar-refractivity contribution in [3.8, 4) is 6.07 Å². The zero-order valence-electron chi connectivity index (χ0n) is 18.3. The van der Waals surface area contributed by atoms with Crippen LogP contribution < -0.4 is 21.3 Å². The van der Waals surface area contributed by atoms with Gasteiger partial charge in [0.15, 0.2) is 11.7 Å². The third-order valence-corrected chi connectivity index (χ3v) is 5.37. The number of hydrogen-bond acceptors (Lipinski definition) is 6. The molecule has 0 unspecified atom stereocenters. The van der Waals surface area contributed by atoms with Gasteiger partial charge in [-0.05, 0) is 41.5 Å². The lowest BCUT2D eigenvalue weighted by Gasteiger charge is -2.14. The van der Waals surface area contributed by atoms with Crippen molar-refractivity contribution < 1.29 is 23.5 Å². The van der Waals surface area contributed by atoms with Gasteiger partial charge < -0.3 is 21.5 Å². The summed E-state index contributed by atoms with van der Waals surface area (Å²) >= 11 is 6.00. The van der Waals surface area contributed by atoms with E-state index in [0.717, 1.165) is 23.9 Å². The number of aromatic nitrogens is 2. The van der Waals surface area contributed by atoms with Crippen LogP contribution in [0.3, 0.4) is 0 Å². The Morgan fingerprint density at radius 3 is 2.74 bits per heavy atom. The van der Waals surface area contributed by atoms with Crippen LogP contribution in [0, 0.1) is 16.5 Å². The first-order valence-electron chi connectivity index (χ1n) is 10.3. The van der Waals surface area contributed by atoms with Crippen molar-refractivity contribution in [2.24, 2.45) is 10.7 Å². The molecule has 1 amide bonds. The van der Waals surface area contributed by atoms with Crippen LogP contribution in [-0.4, -0.2) is 22.4 Å². The number of alkyl halides is 2. The van der Waals surface area contributed by atoms with Crippen molar-refractivity contribution in [2.75, 3.05) is 6.54 Å². The number of hydrogen-bond donors (Lipinski definition) is 3. The molecule has 0 fully saturated rings. The molecule has 0 bridgehead atoms. The zero-order chi connectivity index (χ0) is 25.6. The molecule has 3 aromatic rings. The normalized spacial score (nSPS) is 11.8. The molecule has 0 aliphatic rings. The van der Waals surface area contributed by atoms with Crippen molar-refractivity contribution in [3.05, 3.63) is 98.5 Å². The predicted octanol–water partition coefficient (Wildman–Crippen LogP) is 1.89. The molecule has 12 heteroatoms. The van der Waals surface area contributed by atoms with Crippen molar-refractivity contribution >= 4 is 17.5 Å². The molecule has 0 spiro atoms. The summed E-state index contributed by atoms with van der Waals surface area (Å²) in [4.78, 5) is 16.2. The first-order valence-corrected chi connectivity index (χ1v) is 10.7. The van der Waals surface area contributed by atoms with Gasteiger partial charge >= 0.3 is 5.92 Å². The molecule has 0 atom stereocenters. The fourth-order valence-corrected chi connectivity index (χ4v) is 3.50. The molecule has 0 saturated carbocycles. The van der Waals surface area contributed by atoms with E-state index in [1.54, 1.807) is 18.2 Å². The molecule has 1 aromatic carbocycles. The monoisotopic (exact) mass is 502 g/mol. The molecular weight excluding hydrogens is 482 g/mol. The molecule has 0 aliphatic heterocycles. The number of halogens is 3. The van der Waals surface area contributed by atoms with E-state index in [0.29, 0.717) is 15.3 Å². The lowest BCUT2D eigenvalue weighted by atomic mass is 10.1. The van der Waals surface area contributed by atoms with E-state index in [1.165, 1.54) is 18.2 Å². The maximum absolute atomic E-state index is 14.5. The Hall–Kier alpha value is -4.01. The molecule has 9 nitrogen and oxygen atoms in total. The molecule has 0 aliphatic carbocycles. The van der Waals surface area contributed by atoms with Crippen LogP contribution in [-0.2, 0) is 30.2 Å². The summed E-state index contributed by atoms with van der Waals surface area (Å²) in [7, 11) is 0. The average molecular weight is 503 g/mol. The maximum Gasteiger partial charge on any atom is 0.350 e. The summed E-state index contributed by atoms with van der Waals surface area (Å²) < 4.78 is 29.5. The maximum atomic E-state index is 14.5. The van der Waals surface area contributed by atoms with Crippen molar-refractivity contribution in [2.45, 2.75) is 25.4 Å². The van der Waals surface area contributed by atoms with E-state index in [1.807, 2.05) is 6.07 Å². The number of pyridine rings is 2. The molecule has 3 rings (SSSR count). The van der Waals surface area contributed by atoms with E-state index in [-0.39, 0.29) is 34.6 Å². The molecule has 35 heavy (non-hydrogen) atoms. The van der Waals surface area contributed by atoms with Gasteiger partial charge in [-0.2, -0.15) is 23.5 Å². The SMILES string of the molecule is N#Cc1ccc(=NCC(F)(F)c2cccc[n+]2[O-])n(O)c1CC(=O)NCc1cc(Cl)ccc1CN. The highest BCUT2D eigenvalue weighted by Crippen LogP contribution is 2.25. The summed E-state index contributed by atoms with van der Waals surface area (Å²) in [5, 5.41) is 34.7. The predicted molar refractivity (Wildman–Crippen MR) is 121 cm³/mol. The van der Waals surface area contributed by atoms with Gasteiger partial charge in [-0.15, -0.1) is 0 Å². The third-order valence-electron chi connectivity index (χ3n) is 5.13. The van der Waals surface area contributed by atoms with Gasteiger partial charge in [-0.1, -0.05) is 17.7 Å². The summed E-state index contributed by atoms with van der Waals surface area (Å²) in [6, 6.07) is 12.9. The van der Waals surface area contributed by atoms with Crippen LogP contribution in [0.4, 0.5) is 8.78 Å². The van der Waals surface area contributed by atoms with Gasteiger partial charge in [0.05, 0.1) is 17.7 Å². The number of benzene rings is 1. The Morgan fingerprint density at radius 1 is 1.29 bits per heavy atom. The lowest BCUT2D eigenvalue weighted by molar-refractivity contribution is -0.624. The number of nitrogens with one attached hydrogen (secondary N) is 1. The molecule has 0 saturated heterocycles. The van der Waals surface area contributed by atoms with E-state index < -0.39 is 30.5 Å². The lowest BCUT2D eigenvalue weighted by Crippen LogP contribution is -2.39. The quantitative estimate of drug-likeness (QED) is 0.245. The van der Waals surface area contributed by atoms with Crippen molar-refractivity contribution in [3.63, 3.8) is 0 Å². The number of rotatable bonds is 8. The number of nitrogens with two attached hydrogens (primary N) is 1. The van der Waals surface area contributed by atoms with Gasteiger partial charge in [0.25, 0.3) is 5.69 Å². The summed E-state index contributed by atoms with van der Waals surface area (Å²) in [6.45, 7) is -0.809. The zero-order valence-corrected chi connectivity index (χ0v) is 19.0. The highest BCUT2D eigenvalue weighted by atomic mass is 35.5. The molecule has 2 aromatic heterocycles. The van der Waals surface area contributed by atoms with Crippen LogP contribution in [0.2, 0.25) is 5.02 Å². The van der Waals surface area contributed by atoms with E-state index in [2.05, 4.69) is 10.3 Å². The third kappa shape index (κ3) is 6.11. The fourth-order valence-electron chi connectivity index (χ4n) is 3.31. The van der Waals surface area contributed by atoms with Gasteiger partial charge in [-0.3, -0.25) is 9.79 Å². The first kappa shape index (κ1) is 25.6. The van der Waals surface area contributed by atoms with Gasteiger partial charge in [0, 0.05) is 30.2 Å². The number of carbonyl (C=O) groups excluding carboxylic acids is 1. The van der Waals surface area contributed by atoms with Crippen LogP contribution in [0.5, 0.6) is 0 Å². The van der Waals surface area contributed by atoms with Crippen LogP contribution in [0.25, 0.3) is 0 Å². The summed E-state index contributed by atoms with van der Waals surface area (Å²) in [5.74, 6) is -4.18. The Bertz CT molecular complexity index is 1350. The van der Waals surface area contributed by atoms with Crippen LogP contribution >= 0.6 is 11.6 Å². The second kappa shape index (κ2) is 10.9. The molecular formula is C23H21ClF2N6O3. The van der Waals surface area contributed by atoms with E-state index in [9.17, 15) is 29.3 Å². The standard InChI is InChI=1S/C23H21ClF2N6O3/c24-18-6-4-15(11-27)17(9-18)13-29-22(33)10-19-16(12-28)5-7-21(32(19)35)30-14-23(25,26)20-3-1-2-8-31(20)34/h1-9,35H,10-11,13-14,27H2,(H,29,33). The Morgan fingerprint density at radius 2 is 2.06 bits per heavy atom. The highest BCUT2D eigenvalue weighted by Gasteiger charge is 2.39. The summed E-state index contributed by atoms with van der Waals surface area (Å²) in [6.07, 6.45) is 0.505. The molecule has 0 radical (unpaired) electrons. The van der Waals surface area contributed by atoms with Crippen LogP contribution in [0.15, 0.2) is 59.7 Å². The van der Waals surface area contributed by atoms with E-state index in [4.69, 9.17) is 17.3 Å². The Balaban J connectivity index is 1.82. The fraction of sp³-hybridized carbons (Fsp3) is 0.217. The van der Waals surface area contributed by atoms with Crippen LogP contribution in [0.1, 0.15) is 28.1 Å². The molecule has 2 heterocycles. The number of carbonyl (C=O) groups is 1. The highest BCUT2D eigenvalue weighted by molar-refractivity contribution is 6.30. The second-order valence-electron chi connectivity index (χ2n) is 7.48. The molecule has 4 N–H and O–H groups in total. The minimum atomic E-state index is -3.63. The number of nitrogens with zero attached hydrogens (tertiary/aromatic N) is 4. The smallest absolute Gasteiger partial charge is 0.350 e. The molecule has 182 valence electrons. The van der Waals surface area contributed by atoms with Gasteiger partial charge in [0.2, 0.25) is 5.91 Å². The largest absolute Gasteiger partial charge is 0.618 e. The number of nitriles is 1. The Kier molecular flexibility index (Phi) is 8.01. The van der Waals surface area contributed by atoms with Gasteiger partial charge in [0.1, 0.15) is 12.6 Å². The minimum Gasteiger partial charge on any atom is -0.618 e. The second-order valence-corrected chi connectivity index (χ2v) is 7.91. The van der Waals surface area contributed by atoms with Gasteiger partial charge in [-0.25, -0.2) is 0 Å². The Labute approximate surface area is 203 Å².